The summed E-state index contributed by atoms with van der Waals surface area (Å²) in [6, 6.07) is 21.7. The number of ether oxygens (including phenoxy) is 1. The van der Waals surface area contributed by atoms with Gasteiger partial charge in [-0.15, -0.1) is 0 Å². The van der Waals surface area contributed by atoms with E-state index >= 15 is 0 Å². The first-order chi connectivity index (χ1) is 15.0. The number of aromatic nitrogens is 1. The molecule has 6 nitrogen and oxygen atoms in total. The maximum atomic E-state index is 12.8. The molecule has 31 heavy (non-hydrogen) atoms. The Labute approximate surface area is 187 Å². The number of fused-ring (bicyclic) bond motifs is 1. The molecule has 0 aliphatic heterocycles. The van der Waals surface area contributed by atoms with E-state index in [0.717, 1.165) is 15.2 Å². The zero-order chi connectivity index (χ0) is 21.8. The summed E-state index contributed by atoms with van der Waals surface area (Å²) in [6.45, 7) is 0. The number of hydrogen-bond acceptors (Lipinski definition) is 4. The first kappa shape index (κ1) is 20.6. The van der Waals surface area contributed by atoms with Gasteiger partial charge in [-0.2, -0.15) is 0 Å². The van der Waals surface area contributed by atoms with Crippen molar-refractivity contribution in [2.75, 3.05) is 12.4 Å². The molecule has 0 bridgehead atoms. The number of nitrogens with one attached hydrogen (secondary N) is 2. The van der Waals surface area contributed by atoms with Crippen LogP contribution in [0.3, 0.4) is 0 Å². The van der Waals surface area contributed by atoms with Crippen molar-refractivity contribution in [3.63, 3.8) is 0 Å². The first-order valence-corrected chi connectivity index (χ1v) is 10.3. The molecule has 4 rings (SSSR count). The normalized spacial score (nSPS) is 10.5. The Balaban J connectivity index is 1.59. The van der Waals surface area contributed by atoms with E-state index in [-0.39, 0.29) is 17.5 Å². The predicted molar refractivity (Wildman–Crippen MR) is 124 cm³/mol. The highest BCUT2D eigenvalue weighted by Gasteiger charge is 2.12. The number of pyridine rings is 1. The van der Waals surface area contributed by atoms with Crippen molar-refractivity contribution in [2.45, 2.75) is 0 Å². The smallest absolute Gasteiger partial charge is 0.269 e. The molecule has 0 saturated heterocycles. The fourth-order valence-electron chi connectivity index (χ4n) is 3.15. The van der Waals surface area contributed by atoms with Crippen LogP contribution in [0.5, 0.6) is 11.5 Å². The number of carbonyl (C=O) groups is 2. The number of benzene rings is 3. The topological polar surface area (TPSA) is 80.3 Å². The van der Waals surface area contributed by atoms with Crippen molar-refractivity contribution < 1.29 is 14.3 Å². The monoisotopic (exact) mass is 475 g/mol. The van der Waals surface area contributed by atoms with Gasteiger partial charge >= 0.3 is 0 Å². The molecule has 0 radical (unpaired) electrons. The van der Waals surface area contributed by atoms with Gasteiger partial charge in [-0.3, -0.25) is 14.6 Å². The van der Waals surface area contributed by atoms with Gasteiger partial charge < -0.3 is 15.4 Å². The summed E-state index contributed by atoms with van der Waals surface area (Å²) < 4.78 is 6.79. The third kappa shape index (κ3) is 4.73. The minimum atomic E-state index is -0.287. The summed E-state index contributed by atoms with van der Waals surface area (Å²) in [5.74, 6) is 0.606. The fourth-order valence-corrected chi connectivity index (χ4v) is 3.55. The van der Waals surface area contributed by atoms with Crippen LogP contribution in [0.1, 0.15) is 20.8 Å². The van der Waals surface area contributed by atoms with Crippen molar-refractivity contribution in [2.24, 2.45) is 0 Å². The molecule has 1 heterocycles. The summed E-state index contributed by atoms with van der Waals surface area (Å²) in [6.07, 6.45) is 1.52. The van der Waals surface area contributed by atoms with Gasteiger partial charge in [0.1, 0.15) is 17.2 Å². The lowest BCUT2D eigenvalue weighted by atomic mass is 10.0. The van der Waals surface area contributed by atoms with Gasteiger partial charge in [-0.05, 0) is 59.3 Å². The molecule has 4 aromatic rings. The predicted octanol–water partition coefficient (Wildman–Crippen LogP) is 5.40. The molecule has 0 aliphatic carbocycles. The number of carbonyl (C=O) groups excluding carboxylic acids is 2. The highest BCUT2D eigenvalue weighted by molar-refractivity contribution is 9.10. The van der Waals surface area contributed by atoms with E-state index in [0.29, 0.717) is 22.7 Å². The summed E-state index contributed by atoms with van der Waals surface area (Å²) in [5.41, 5.74) is 1.54. The van der Waals surface area contributed by atoms with Gasteiger partial charge in [0.05, 0.1) is 0 Å². The van der Waals surface area contributed by atoms with Gasteiger partial charge in [-0.25, -0.2) is 0 Å². The average Bonchev–Trinajstić information content (AvgIpc) is 2.78. The Morgan fingerprint density at radius 3 is 2.52 bits per heavy atom. The van der Waals surface area contributed by atoms with Crippen LogP contribution in [0.4, 0.5) is 5.69 Å². The lowest BCUT2D eigenvalue weighted by Gasteiger charge is -2.11. The summed E-state index contributed by atoms with van der Waals surface area (Å²) >= 11 is 3.41. The number of anilines is 1. The van der Waals surface area contributed by atoms with Crippen LogP contribution in [-0.2, 0) is 0 Å². The van der Waals surface area contributed by atoms with Crippen LogP contribution in [0.15, 0.2) is 83.5 Å². The minimum Gasteiger partial charge on any atom is -0.457 e. The third-order valence-electron chi connectivity index (χ3n) is 4.61. The van der Waals surface area contributed by atoms with Crippen molar-refractivity contribution in [3.05, 3.63) is 94.7 Å². The van der Waals surface area contributed by atoms with Crippen LogP contribution < -0.4 is 15.4 Å². The Morgan fingerprint density at radius 1 is 0.903 bits per heavy atom. The van der Waals surface area contributed by atoms with Gasteiger partial charge in [0, 0.05) is 35.0 Å². The molecule has 154 valence electrons. The molecular weight excluding hydrogens is 458 g/mol. The second-order valence-electron chi connectivity index (χ2n) is 6.71. The van der Waals surface area contributed by atoms with Crippen molar-refractivity contribution >= 4 is 44.2 Å². The van der Waals surface area contributed by atoms with E-state index in [1.54, 1.807) is 31.3 Å². The maximum absolute atomic E-state index is 12.8. The van der Waals surface area contributed by atoms with Crippen LogP contribution in [0.25, 0.3) is 10.8 Å². The van der Waals surface area contributed by atoms with E-state index < -0.39 is 0 Å². The summed E-state index contributed by atoms with van der Waals surface area (Å²) in [5, 5.41) is 7.13. The highest BCUT2D eigenvalue weighted by atomic mass is 79.9. The minimum absolute atomic E-state index is 0.193. The molecule has 7 heteroatoms. The van der Waals surface area contributed by atoms with Gasteiger partial charge in [0.2, 0.25) is 0 Å². The quantitative estimate of drug-likeness (QED) is 0.404. The number of nitrogens with zero attached hydrogens (tertiary/aromatic N) is 1. The molecule has 2 N–H and O–H groups in total. The molecule has 2 amide bonds. The molecule has 0 fully saturated rings. The zero-order valence-corrected chi connectivity index (χ0v) is 18.1. The Hall–Kier alpha value is -3.71. The molecule has 0 saturated carbocycles. The van der Waals surface area contributed by atoms with E-state index in [1.165, 1.54) is 6.20 Å². The molecule has 1 aromatic heterocycles. The van der Waals surface area contributed by atoms with E-state index in [2.05, 4.69) is 31.5 Å². The largest absolute Gasteiger partial charge is 0.457 e. The molecule has 0 atom stereocenters. The Morgan fingerprint density at radius 2 is 1.71 bits per heavy atom. The lowest BCUT2D eigenvalue weighted by Crippen LogP contribution is -2.18. The Kier molecular flexibility index (Phi) is 5.95. The van der Waals surface area contributed by atoms with E-state index in [4.69, 9.17) is 4.74 Å². The van der Waals surface area contributed by atoms with Crippen LogP contribution >= 0.6 is 15.9 Å². The van der Waals surface area contributed by atoms with Crippen LogP contribution in [-0.4, -0.2) is 23.8 Å². The second kappa shape index (κ2) is 8.97. The van der Waals surface area contributed by atoms with E-state index in [1.807, 2.05) is 48.5 Å². The highest BCUT2D eigenvalue weighted by Crippen LogP contribution is 2.28. The van der Waals surface area contributed by atoms with E-state index in [9.17, 15) is 9.59 Å². The van der Waals surface area contributed by atoms with Crippen molar-refractivity contribution in [1.29, 1.82) is 0 Å². The second-order valence-corrected chi connectivity index (χ2v) is 7.63. The van der Waals surface area contributed by atoms with Crippen molar-refractivity contribution in [1.82, 2.24) is 10.3 Å². The molecular formula is C24H18BrN3O3. The zero-order valence-electron chi connectivity index (χ0n) is 16.6. The van der Waals surface area contributed by atoms with Gasteiger partial charge in [0.15, 0.2) is 0 Å². The number of hydrogen-bond donors (Lipinski definition) is 2. The fraction of sp³-hybridized carbons (Fsp3) is 0.0417. The number of amides is 2. The third-order valence-corrected chi connectivity index (χ3v) is 5.10. The van der Waals surface area contributed by atoms with Crippen LogP contribution in [0, 0.1) is 0 Å². The Bertz CT molecular complexity index is 1290. The van der Waals surface area contributed by atoms with Gasteiger partial charge in [0.25, 0.3) is 11.8 Å². The SMILES string of the molecule is CNC(=O)c1cc(Oc2ccc3c(C(=O)Nc4cccc(Br)c4)cccc3c2)ccn1. The molecule has 0 aliphatic rings. The van der Waals surface area contributed by atoms with Crippen molar-refractivity contribution in [3.8, 4) is 11.5 Å². The average molecular weight is 476 g/mol. The summed E-state index contributed by atoms with van der Waals surface area (Å²) in [7, 11) is 1.55. The standard InChI is InChI=1S/C24H18BrN3O3/c1-26-24(30)22-14-19(10-11-27-22)31-18-8-9-20-15(12-18)4-2-7-21(20)23(29)28-17-6-3-5-16(25)13-17/h2-14H,1H3,(H,26,30)(H,28,29). The molecule has 0 spiro atoms. The summed E-state index contributed by atoms with van der Waals surface area (Å²) in [4.78, 5) is 28.6. The lowest BCUT2D eigenvalue weighted by molar-refractivity contribution is 0.0957. The molecule has 3 aromatic carbocycles. The maximum Gasteiger partial charge on any atom is 0.269 e. The van der Waals surface area contributed by atoms with Crippen LogP contribution in [0.2, 0.25) is 0 Å². The number of halogens is 1. The molecule has 0 unspecified atom stereocenters. The number of rotatable bonds is 5. The first-order valence-electron chi connectivity index (χ1n) is 9.49. The van der Waals surface area contributed by atoms with Gasteiger partial charge in [-0.1, -0.05) is 34.1 Å².